The lowest BCUT2D eigenvalue weighted by Gasteiger charge is -2.32. The van der Waals surface area contributed by atoms with Crippen LogP contribution < -0.4 is 5.32 Å². The van der Waals surface area contributed by atoms with Crippen LogP contribution in [-0.4, -0.2) is 23.2 Å². The fourth-order valence-electron chi connectivity index (χ4n) is 3.34. The molecule has 1 aromatic carbocycles. The first kappa shape index (κ1) is 15.0. The van der Waals surface area contributed by atoms with E-state index >= 15 is 0 Å². The molecule has 0 heterocycles. The predicted octanol–water partition coefficient (Wildman–Crippen LogP) is 3.29. The summed E-state index contributed by atoms with van der Waals surface area (Å²) in [6.45, 7) is 0.393. The van der Waals surface area contributed by atoms with Gasteiger partial charge in [-0.1, -0.05) is 47.3 Å². The van der Waals surface area contributed by atoms with Crippen molar-refractivity contribution in [2.24, 2.45) is 0 Å². The van der Waals surface area contributed by atoms with Gasteiger partial charge >= 0.3 is 0 Å². The largest absolute Gasteiger partial charge is 0.388 e. The minimum atomic E-state index is -0.691. The zero-order valence-electron chi connectivity index (χ0n) is 12.2. The molecule has 2 fully saturated rings. The minimum Gasteiger partial charge on any atom is -0.388 e. The van der Waals surface area contributed by atoms with Gasteiger partial charge in [0.1, 0.15) is 0 Å². The number of carbonyl (C=O) groups excluding carboxylic acids is 1. The van der Waals surface area contributed by atoms with Crippen molar-refractivity contribution in [3.8, 4) is 0 Å². The normalized spacial score (nSPS) is 22.6. The summed E-state index contributed by atoms with van der Waals surface area (Å²) < 4.78 is 1.03. The first-order valence-electron chi connectivity index (χ1n) is 7.81. The van der Waals surface area contributed by atoms with Crippen LogP contribution in [-0.2, 0) is 10.2 Å². The van der Waals surface area contributed by atoms with Crippen molar-refractivity contribution in [2.45, 2.75) is 56.0 Å². The van der Waals surface area contributed by atoms with E-state index in [1.807, 2.05) is 24.3 Å². The molecule has 1 aromatic rings. The molecule has 4 heteroatoms. The average Bonchev–Trinajstić information content (AvgIpc) is 3.28. The summed E-state index contributed by atoms with van der Waals surface area (Å²) in [6, 6.07) is 8.01. The van der Waals surface area contributed by atoms with Crippen LogP contribution in [0.15, 0.2) is 28.7 Å². The molecule has 2 aliphatic rings. The Hall–Kier alpha value is -0.870. The molecule has 2 saturated carbocycles. The molecule has 2 aliphatic carbocycles. The van der Waals surface area contributed by atoms with E-state index in [-0.39, 0.29) is 11.3 Å². The van der Waals surface area contributed by atoms with Crippen LogP contribution in [0.25, 0.3) is 0 Å². The Bertz CT molecular complexity index is 516. The van der Waals surface area contributed by atoms with E-state index in [1.165, 1.54) is 6.42 Å². The molecule has 0 radical (unpaired) electrons. The van der Waals surface area contributed by atoms with Gasteiger partial charge in [-0.3, -0.25) is 4.79 Å². The summed E-state index contributed by atoms with van der Waals surface area (Å²) in [7, 11) is 0. The quantitative estimate of drug-likeness (QED) is 0.874. The Morgan fingerprint density at radius 2 is 1.71 bits per heavy atom. The zero-order valence-corrected chi connectivity index (χ0v) is 13.8. The molecule has 0 aromatic heterocycles. The van der Waals surface area contributed by atoms with Gasteiger partial charge in [-0.05, 0) is 43.4 Å². The fraction of sp³-hybridized carbons (Fsp3) is 0.588. The van der Waals surface area contributed by atoms with E-state index in [4.69, 9.17) is 0 Å². The number of aliphatic hydroxyl groups is 1. The third-order valence-electron chi connectivity index (χ3n) is 4.94. The van der Waals surface area contributed by atoms with Crippen molar-refractivity contribution in [3.05, 3.63) is 34.3 Å². The van der Waals surface area contributed by atoms with Crippen molar-refractivity contribution < 1.29 is 9.90 Å². The second kappa shape index (κ2) is 5.73. The van der Waals surface area contributed by atoms with Crippen LogP contribution in [0.2, 0.25) is 0 Å². The first-order chi connectivity index (χ1) is 10.0. The Morgan fingerprint density at radius 3 is 2.29 bits per heavy atom. The van der Waals surface area contributed by atoms with E-state index in [0.29, 0.717) is 6.54 Å². The maximum absolute atomic E-state index is 12.6. The van der Waals surface area contributed by atoms with Gasteiger partial charge in [0, 0.05) is 11.0 Å². The molecular weight excluding hydrogens is 330 g/mol. The molecular formula is C17H22BrNO2. The molecule has 0 unspecified atom stereocenters. The summed E-state index contributed by atoms with van der Waals surface area (Å²) in [5, 5.41) is 13.5. The predicted molar refractivity (Wildman–Crippen MR) is 86.1 cm³/mol. The fourth-order valence-corrected chi connectivity index (χ4v) is 3.61. The highest BCUT2D eigenvalue weighted by atomic mass is 79.9. The second-order valence-electron chi connectivity index (χ2n) is 6.56. The third-order valence-corrected chi connectivity index (χ3v) is 5.47. The highest BCUT2D eigenvalue weighted by Crippen LogP contribution is 2.48. The molecule has 0 spiro atoms. The molecule has 0 atom stereocenters. The zero-order chi connectivity index (χ0) is 14.9. The van der Waals surface area contributed by atoms with Crippen LogP contribution >= 0.6 is 15.9 Å². The minimum absolute atomic E-state index is 0.0730. The lowest BCUT2D eigenvalue weighted by Crippen LogP contribution is -2.47. The van der Waals surface area contributed by atoms with Gasteiger partial charge in [0.05, 0.1) is 11.0 Å². The molecule has 21 heavy (non-hydrogen) atoms. The Labute approximate surface area is 134 Å². The number of benzene rings is 1. The van der Waals surface area contributed by atoms with E-state index in [2.05, 4.69) is 21.2 Å². The van der Waals surface area contributed by atoms with Gasteiger partial charge in [0.15, 0.2) is 0 Å². The number of hydrogen-bond donors (Lipinski definition) is 2. The number of rotatable bonds is 4. The Morgan fingerprint density at radius 1 is 1.10 bits per heavy atom. The Kier molecular flexibility index (Phi) is 4.10. The van der Waals surface area contributed by atoms with E-state index < -0.39 is 5.60 Å². The molecule has 0 aliphatic heterocycles. The van der Waals surface area contributed by atoms with Gasteiger partial charge < -0.3 is 10.4 Å². The SMILES string of the molecule is O=C(NCC1(O)CCCCC1)C1(c2ccc(Br)cc2)CC1. The van der Waals surface area contributed by atoms with Crippen LogP contribution in [0, 0.1) is 0 Å². The van der Waals surface area contributed by atoms with Crippen molar-refractivity contribution in [1.82, 2.24) is 5.32 Å². The molecule has 1 amide bonds. The summed E-state index contributed by atoms with van der Waals surface area (Å²) >= 11 is 3.43. The standard InChI is InChI=1S/C17H22BrNO2/c18-14-6-4-13(5-7-14)17(10-11-17)15(20)19-12-16(21)8-2-1-3-9-16/h4-7,21H,1-3,8-12H2,(H,19,20). The van der Waals surface area contributed by atoms with Crippen LogP contribution in [0.5, 0.6) is 0 Å². The van der Waals surface area contributed by atoms with Crippen molar-refractivity contribution in [1.29, 1.82) is 0 Å². The molecule has 114 valence electrons. The van der Waals surface area contributed by atoms with Crippen LogP contribution in [0.3, 0.4) is 0 Å². The van der Waals surface area contributed by atoms with Gasteiger partial charge in [0.2, 0.25) is 5.91 Å². The molecule has 2 N–H and O–H groups in total. The van der Waals surface area contributed by atoms with Crippen molar-refractivity contribution >= 4 is 21.8 Å². The lowest BCUT2D eigenvalue weighted by molar-refractivity contribution is -0.125. The number of amides is 1. The van der Waals surface area contributed by atoms with E-state index in [0.717, 1.165) is 48.6 Å². The summed E-state index contributed by atoms with van der Waals surface area (Å²) in [4.78, 5) is 12.6. The highest BCUT2D eigenvalue weighted by Gasteiger charge is 2.51. The van der Waals surface area contributed by atoms with Crippen LogP contribution in [0.4, 0.5) is 0 Å². The van der Waals surface area contributed by atoms with Gasteiger partial charge in [-0.2, -0.15) is 0 Å². The van der Waals surface area contributed by atoms with Crippen molar-refractivity contribution in [3.63, 3.8) is 0 Å². The number of halogens is 1. The smallest absolute Gasteiger partial charge is 0.230 e. The lowest BCUT2D eigenvalue weighted by atomic mass is 9.84. The topological polar surface area (TPSA) is 49.3 Å². The monoisotopic (exact) mass is 351 g/mol. The molecule has 0 saturated heterocycles. The maximum Gasteiger partial charge on any atom is 0.230 e. The number of carbonyl (C=O) groups is 1. The second-order valence-corrected chi connectivity index (χ2v) is 7.47. The van der Waals surface area contributed by atoms with Gasteiger partial charge in [-0.25, -0.2) is 0 Å². The maximum atomic E-state index is 12.6. The van der Waals surface area contributed by atoms with E-state index in [9.17, 15) is 9.90 Å². The van der Waals surface area contributed by atoms with E-state index in [1.54, 1.807) is 0 Å². The Balaban J connectivity index is 1.63. The molecule has 3 rings (SSSR count). The van der Waals surface area contributed by atoms with Gasteiger partial charge in [-0.15, -0.1) is 0 Å². The summed E-state index contributed by atoms with van der Waals surface area (Å²) in [5.41, 5.74) is 0.0361. The van der Waals surface area contributed by atoms with Gasteiger partial charge in [0.25, 0.3) is 0 Å². The molecule has 0 bridgehead atoms. The highest BCUT2D eigenvalue weighted by molar-refractivity contribution is 9.10. The number of nitrogens with one attached hydrogen (secondary N) is 1. The summed E-state index contributed by atoms with van der Waals surface area (Å²) in [6.07, 6.45) is 6.72. The van der Waals surface area contributed by atoms with Crippen molar-refractivity contribution in [2.75, 3.05) is 6.54 Å². The number of hydrogen-bond acceptors (Lipinski definition) is 2. The van der Waals surface area contributed by atoms with Crippen LogP contribution in [0.1, 0.15) is 50.5 Å². The summed E-state index contributed by atoms with van der Waals surface area (Å²) in [5.74, 6) is 0.0730. The molecule has 3 nitrogen and oxygen atoms in total. The first-order valence-corrected chi connectivity index (χ1v) is 8.60. The average molecular weight is 352 g/mol. The third kappa shape index (κ3) is 3.16.